The SMILES string of the molecule is CCc1ccc(NC(=O)C(CCC(NC(C)=O)C(=O)O)NC(=O)C2O[C@@](C)(O)C(C)(O)C(C)(O)[C@]2(C)O)cc1. The zero-order valence-corrected chi connectivity index (χ0v) is 22.9. The fourth-order valence-corrected chi connectivity index (χ4v) is 4.37. The van der Waals surface area contributed by atoms with Gasteiger partial charge < -0.3 is 46.2 Å². The van der Waals surface area contributed by atoms with Crippen LogP contribution in [0.25, 0.3) is 0 Å². The van der Waals surface area contributed by atoms with E-state index in [1.807, 2.05) is 6.92 Å². The van der Waals surface area contributed by atoms with E-state index >= 15 is 0 Å². The molecule has 13 heteroatoms. The topological polar surface area (TPSA) is 215 Å². The van der Waals surface area contributed by atoms with E-state index in [1.54, 1.807) is 24.3 Å². The molecular weight excluding hydrogens is 514 g/mol. The molecule has 1 aliphatic rings. The molecule has 8 N–H and O–H groups in total. The third kappa shape index (κ3) is 6.56. The summed E-state index contributed by atoms with van der Waals surface area (Å²) in [6.07, 6.45) is -1.71. The van der Waals surface area contributed by atoms with Crippen LogP contribution in [0, 0.1) is 0 Å². The molecule has 0 aliphatic carbocycles. The van der Waals surface area contributed by atoms with E-state index < -0.39 is 64.5 Å². The number of hydrogen-bond acceptors (Lipinski definition) is 9. The van der Waals surface area contributed by atoms with E-state index in [2.05, 4.69) is 16.0 Å². The van der Waals surface area contributed by atoms with Crippen LogP contribution >= 0.6 is 0 Å². The van der Waals surface area contributed by atoms with Crippen LogP contribution in [0.3, 0.4) is 0 Å². The molecular formula is C26H39N3O10. The quantitative estimate of drug-likeness (QED) is 0.184. The van der Waals surface area contributed by atoms with Crippen LogP contribution in [0.5, 0.6) is 0 Å². The molecule has 13 nitrogen and oxygen atoms in total. The molecule has 0 saturated carbocycles. The zero-order valence-electron chi connectivity index (χ0n) is 22.9. The Bertz CT molecular complexity index is 1080. The van der Waals surface area contributed by atoms with Crippen molar-refractivity contribution in [1.29, 1.82) is 0 Å². The van der Waals surface area contributed by atoms with Crippen molar-refractivity contribution in [3.63, 3.8) is 0 Å². The van der Waals surface area contributed by atoms with Crippen molar-refractivity contribution in [2.45, 2.75) is 102 Å². The maximum absolute atomic E-state index is 13.3. The molecule has 2 rings (SSSR count). The molecule has 1 saturated heterocycles. The van der Waals surface area contributed by atoms with Gasteiger partial charge in [-0.15, -0.1) is 0 Å². The highest BCUT2D eigenvalue weighted by molar-refractivity contribution is 5.98. The highest BCUT2D eigenvalue weighted by atomic mass is 16.7. The highest BCUT2D eigenvalue weighted by Gasteiger charge is 2.71. The number of carbonyl (C=O) groups excluding carboxylic acids is 3. The van der Waals surface area contributed by atoms with Crippen LogP contribution in [0.15, 0.2) is 24.3 Å². The van der Waals surface area contributed by atoms with Gasteiger partial charge in [0.25, 0.3) is 5.91 Å². The van der Waals surface area contributed by atoms with Crippen LogP contribution in [-0.4, -0.2) is 90.0 Å². The largest absolute Gasteiger partial charge is 0.480 e. The van der Waals surface area contributed by atoms with Crippen molar-refractivity contribution < 1.29 is 49.4 Å². The number of anilines is 1. The normalized spacial score (nSPS) is 32.0. The van der Waals surface area contributed by atoms with Gasteiger partial charge in [-0.3, -0.25) is 14.4 Å². The van der Waals surface area contributed by atoms with Crippen molar-refractivity contribution in [1.82, 2.24) is 10.6 Å². The standard InChI is InChI=1S/C26H39N3O10/c1-7-15-8-10-16(11-9-15)28-20(31)17(12-13-18(22(33)34)27-14(2)30)29-21(32)19-23(3,35)24(4,36)25(5,37)26(6,38)39-19/h8-11,17-19,35-38H,7,12-13H2,1-6H3,(H,27,30)(H,28,31)(H,29,32)(H,33,34)/t17?,18?,19?,23-,24?,25?,26-/m1/s1. The fraction of sp³-hybridized carbons (Fsp3) is 0.615. The molecule has 0 radical (unpaired) electrons. The number of benzene rings is 1. The molecule has 1 fully saturated rings. The molecule has 39 heavy (non-hydrogen) atoms. The Hall–Kier alpha value is -3.10. The monoisotopic (exact) mass is 553 g/mol. The zero-order chi connectivity index (χ0) is 30.0. The van der Waals surface area contributed by atoms with Gasteiger partial charge in [-0.1, -0.05) is 19.1 Å². The second-order valence-corrected chi connectivity index (χ2v) is 10.5. The molecule has 0 spiro atoms. The van der Waals surface area contributed by atoms with Gasteiger partial charge in [-0.25, -0.2) is 4.79 Å². The first-order valence-electron chi connectivity index (χ1n) is 12.6. The maximum atomic E-state index is 13.3. The van der Waals surface area contributed by atoms with Gasteiger partial charge in [-0.2, -0.15) is 0 Å². The molecule has 7 atom stereocenters. The first-order chi connectivity index (χ1) is 17.8. The molecule has 5 unspecified atom stereocenters. The lowest BCUT2D eigenvalue weighted by Crippen LogP contribution is -2.82. The first-order valence-corrected chi connectivity index (χ1v) is 12.6. The number of carboxylic acids is 1. The molecule has 1 heterocycles. The highest BCUT2D eigenvalue weighted by Crippen LogP contribution is 2.48. The van der Waals surface area contributed by atoms with E-state index in [0.29, 0.717) is 5.69 Å². The summed E-state index contributed by atoms with van der Waals surface area (Å²) in [4.78, 5) is 49.6. The second kappa shape index (κ2) is 11.6. The molecule has 0 aromatic heterocycles. The number of amides is 3. The van der Waals surface area contributed by atoms with E-state index in [0.717, 1.165) is 46.6 Å². The predicted octanol–water partition coefficient (Wildman–Crippen LogP) is -0.598. The van der Waals surface area contributed by atoms with Crippen molar-refractivity contribution in [2.24, 2.45) is 0 Å². The summed E-state index contributed by atoms with van der Waals surface area (Å²) in [7, 11) is 0. The minimum absolute atomic E-state index is 0.256. The number of aryl methyl sites for hydroxylation is 1. The van der Waals surface area contributed by atoms with E-state index in [4.69, 9.17) is 4.74 Å². The summed E-state index contributed by atoms with van der Waals surface area (Å²) in [5.74, 6) is -6.31. The Morgan fingerprint density at radius 1 is 0.897 bits per heavy atom. The summed E-state index contributed by atoms with van der Waals surface area (Å²) in [6.45, 7) is 7.19. The lowest BCUT2D eigenvalue weighted by atomic mass is 9.65. The Morgan fingerprint density at radius 3 is 1.92 bits per heavy atom. The Labute approximate surface area is 226 Å². The second-order valence-electron chi connectivity index (χ2n) is 10.5. The lowest BCUT2D eigenvalue weighted by molar-refractivity contribution is -0.414. The summed E-state index contributed by atoms with van der Waals surface area (Å²) in [6, 6.07) is 4.14. The predicted molar refractivity (Wildman–Crippen MR) is 138 cm³/mol. The Morgan fingerprint density at radius 2 is 1.44 bits per heavy atom. The summed E-state index contributed by atoms with van der Waals surface area (Å²) in [5.41, 5.74) is -5.93. The molecule has 1 aromatic rings. The molecule has 1 aliphatic heterocycles. The van der Waals surface area contributed by atoms with Crippen molar-refractivity contribution in [2.75, 3.05) is 5.32 Å². The van der Waals surface area contributed by atoms with E-state index in [-0.39, 0.29) is 12.8 Å². The summed E-state index contributed by atoms with van der Waals surface area (Å²) in [5, 5.41) is 60.2. The van der Waals surface area contributed by atoms with Crippen molar-refractivity contribution in [3.8, 4) is 0 Å². The molecule has 1 aromatic carbocycles. The number of carboxylic acid groups (broad SMARTS) is 1. The summed E-state index contributed by atoms with van der Waals surface area (Å²) >= 11 is 0. The van der Waals surface area contributed by atoms with Crippen LogP contribution < -0.4 is 16.0 Å². The Kier molecular flexibility index (Phi) is 9.52. The number of aliphatic hydroxyl groups is 4. The van der Waals surface area contributed by atoms with Gasteiger partial charge in [0.15, 0.2) is 11.9 Å². The number of nitrogens with one attached hydrogen (secondary N) is 3. The average Bonchev–Trinajstić information content (AvgIpc) is 2.82. The third-order valence-electron chi connectivity index (χ3n) is 7.62. The van der Waals surface area contributed by atoms with E-state index in [9.17, 15) is 44.7 Å². The molecule has 3 amide bonds. The minimum Gasteiger partial charge on any atom is -0.480 e. The maximum Gasteiger partial charge on any atom is 0.326 e. The number of aliphatic carboxylic acids is 1. The summed E-state index contributed by atoms with van der Waals surface area (Å²) < 4.78 is 5.34. The fourth-order valence-electron chi connectivity index (χ4n) is 4.37. The third-order valence-corrected chi connectivity index (χ3v) is 7.62. The average molecular weight is 554 g/mol. The van der Waals surface area contributed by atoms with Gasteiger partial charge in [-0.05, 0) is 64.7 Å². The van der Waals surface area contributed by atoms with Gasteiger partial charge in [0, 0.05) is 12.6 Å². The number of hydrogen-bond donors (Lipinski definition) is 8. The van der Waals surface area contributed by atoms with Crippen molar-refractivity contribution in [3.05, 3.63) is 29.8 Å². The van der Waals surface area contributed by atoms with Crippen molar-refractivity contribution >= 4 is 29.4 Å². The number of ether oxygens (including phenoxy) is 1. The van der Waals surface area contributed by atoms with Crippen LogP contribution in [0.2, 0.25) is 0 Å². The van der Waals surface area contributed by atoms with Gasteiger partial charge >= 0.3 is 5.97 Å². The van der Waals surface area contributed by atoms with Gasteiger partial charge in [0.1, 0.15) is 28.9 Å². The molecule has 0 bridgehead atoms. The Balaban J connectivity index is 2.35. The van der Waals surface area contributed by atoms with Crippen LogP contribution in [0.4, 0.5) is 5.69 Å². The van der Waals surface area contributed by atoms with E-state index in [1.165, 1.54) is 0 Å². The smallest absolute Gasteiger partial charge is 0.326 e. The van der Waals surface area contributed by atoms with Crippen LogP contribution in [0.1, 0.15) is 59.9 Å². The molecule has 218 valence electrons. The first kappa shape index (κ1) is 32.1. The lowest BCUT2D eigenvalue weighted by Gasteiger charge is -2.59. The minimum atomic E-state index is -2.50. The number of carbonyl (C=O) groups is 4. The van der Waals surface area contributed by atoms with Gasteiger partial charge in [0.2, 0.25) is 11.8 Å². The number of rotatable bonds is 10. The van der Waals surface area contributed by atoms with Gasteiger partial charge in [0.05, 0.1) is 0 Å². The van der Waals surface area contributed by atoms with Crippen LogP contribution in [-0.2, 0) is 30.3 Å².